The molecule has 0 unspecified atom stereocenters. The van der Waals surface area contributed by atoms with E-state index in [4.69, 9.17) is 9.47 Å². The first-order chi connectivity index (χ1) is 15.3. The molecule has 0 aliphatic heterocycles. The minimum Gasteiger partial charge on any atom is -0.444 e. The van der Waals surface area contributed by atoms with Crippen molar-refractivity contribution in [3.63, 3.8) is 0 Å². The van der Waals surface area contributed by atoms with Gasteiger partial charge in [-0.25, -0.2) is 14.8 Å². The minimum absolute atomic E-state index is 0.0317. The molecule has 1 aromatic heterocycles. The quantitative estimate of drug-likeness (QED) is 0.602. The van der Waals surface area contributed by atoms with Crippen LogP contribution in [0.4, 0.5) is 23.7 Å². The number of amides is 2. The lowest BCUT2D eigenvalue weighted by atomic mass is 10.2. The summed E-state index contributed by atoms with van der Waals surface area (Å²) in [6, 6.07) is 2.89. The fourth-order valence-electron chi connectivity index (χ4n) is 2.45. The van der Waals surface area contributed by atoms with Gasteiger partial charge in [-0.05, 0) is 45.7 Å². The van der Waals surface area contributed by atoms with Crippen molar-refractivity contribution in [3.8, 4) is 17.5 Å². The number of anilines is 1. The molecule has 0 saturated heterocycles. The highest BCUT2D eigenvalue weighted by molar-refractivity contribution is 5.96. The van der Waals surface area contributed by atoms with Gasteiger partial charge in [-0.15, -0.1) is 13.2 Å². The summed E-state index contributed by atoms with van der Waals surface area (Å²) in [5.74, 6) is -0.885. The number of ether oxygens (including phenoxy) is 3. The van der Waals surface area contributed by atoms with Crippen molar-refractivity contribution in [1.82, 2.24) is 15.3 Å². The molecular weight excluding hydrogens is 445 g/mol. The van der Waals surface area contributed by atoms with Crippen molar-refractivity contribution in [2.75, 3.05) is 5.32 Å². The molecule has 0 aliphatic carbocycles. The van der Waals surface area contributed by atoms with Crippen molar-refractivity contribution in [3.05, 3.63) is 36.2 Å². The van der Waals surface area contributed by atoms with E-state index in [9.17, 15) is 22.8 Å². The molecule has 1 aromatic carbocycles. The summed E-state index contributed by atoms with van der Waals surface area (Å²) >= 11 is 0. The van der Waals surface area contributed by atoms with Crippen LogP contribution in [-0.2, 0) is 9.53 Å². The summed E-state index contributed by atoms with van der Waals surface area (Å²) < 4.78 is 52.0. The number of halogens is 3. The molecule has 0 aliphatic rings. The molecule has 2 aromatic rings. The fourth-order valence-corrected chi connectivity index (χ4v) is 2.45. The maximum atomic E-state index is 12.5. The highest BCUT2D eigenvalue weighted by Gasteiger charge is 2.32. The molecule has 9 nitrogen and oxygen atoms in total. The number of nitrogens with one attached hydrogen (secondary N) is 2. The highest BCUT2D eigenvalue weighted by Crippen LogP contribution is 2.31. The van der Waals surface area contributed by atoms with Gasteiger partial charge in [-0.3, -0.25) is 4.79 Å². The van der Waals surface area contributed by atoms with E-state index in [0.717, 1.165) is 6.07 Å². The molecule has 0 spiro atoms. The molecule has 33 heavy (non-hydrogen) atoms. The van der Waals surface area contributed by atoms with Crippen molar-refractivity contribution >= 4 is 17.7 Å². The SMILES string of the molecule is CC[C@@H](NC(=O)OC(C)(C)C)C(=O)Nc1cnc(Oc2ccc(C)c(OC(F)(F)F)c2)nc1. The van der Waals surface area contributed by atoms with Gasteiger partial charge < -0.3 is 24.8 Å². The smallest absolute Gasteiger partial charge is 0.444 e. The van der Waals surface area contributed by atoms with Crippen LogP contribution in [0, 0.1) is 6.92 Å². The number of rotatable bonds is 7. The van der Waals surface area contributed by atoms with Gasteiger partial charge in [-0.2, -0.15) is 0 Å². The largest absolute Gasteiger partial charge is 0.573 e. The number of alkyl halides is 3. The summed E-state index contributed by atoms with van der Waals surface area (Å²) in [6.45, 7) is 8.29. The first kappa shape index (κ1) is 25.7. The number of hydrogen-bond donors (Lipinski definition) is 2. The van der Waals surface area contributed by atoms with E-state index < -0.39 is 35.8 Å². The number of benzene rings is 1. The van der Waals surface area contributed by atoms with Gasteiger partial charge in [0.15, 0.2) is 0 Å². The molecule has 0 saturated carbocycles. The van der Waals surface area contributed by atoms with Crippen molar-refractivity contribution in [2.45, 2.75) is 59.0 Å². The number of carbonyl (C=O) groups excluding carboxylic acids is 2. The van der Waals surface area contributed by atoms with Gasteiger partial charge in [0, 0.05) is 6.07 Å². The Morgan fingerprint density at radius 3 is 2.30 bits per heavy atom. The lowest BCUT2D eigenvalue weighted by Crippen LogP contribution is -2.45. The Morgan fingerprint density at radius 1 is 1.12 bits per heavy atom. The standard InChI is InChI=1S/C21H25F3N4O5/c1-6-15(28-19(30)33-20(3,4)5)17(29)27-13-10-25-18(26-11-13)31-14-8-7-12(2)16(9-14)32-21(22,23)24/h7-11,15H,6H2,1-5H3,(H,27,29)(H,28,30)/t15-/m1/s1. The molecule has 2 N–H and O–H groups in total. The van der Waals surface area contributed by atoms with E-state index in [-0.39, 0.29) is 23.0 Å². The molecule has 0 fully saturated rings. The Kier molecular flexibility index (Phi) is 8.07. The predicted octanol–water partition coefficient (Wildman–Crippen LogP) is 4.72. The fraction of sp³-hybridized carbons (Fsp3) is 0.429. The Bertz CT molecular complexity index is 975. The molecule has 2 amide bonds. The average molecular weight is 470 g/mol. The highest BCUT2D eigenvalue weighted by atomic mass is 19.4. The number of alkyl carbamates (subject to hydrolysis) is 1. The van der Waals surface area contributed by atoms with Gasteiger partial charge in [0.1, 0.15) is 23.1 Å². The summed E-state index contributed by atoms with van der Waals surface area (Å²) in [5, 5.41) is 5.04. The van der Waals surface area contributed by atoms with Crippen molar-refractivity contribution < 1.29 is 37.0 Å². The van der Waals surface area contributed by atoms with E-state index in [0.29, 0.717) is 6.42 Å². The van der Waals surface area contributed by atoms with Crippen molar-refractivity contribution in [1.29, 1.82) is 0 Å². The molecule has 2 rings (SSSR count). The van der Waals surface area contributed by atoms with Crippen LogP contribution in [0.15, 0.2) is 30.6 Å². The molecule has 0 radical (unpaired) electrons. The molecule has 180 valence electrons. The summed E-state index contributed by atoms with van der Waals surface area (Å²) in [7, 11) is 0. The first-order valence-electron chi connectivity index (χ1n) is 9.92. The van der Waals surface area contributed by atoms with Crippen LogP contribution in [0.5, 0.6) is 17.5 Å². The Labute approximate surface area is 188 Å². The third-order valence-corrected chi connectivity index (χ3v) is 3.91. The summed E-state index contributed by atoms with van der Waals surface area (Å²) in [5.41, 5.74) is -0.217. The minimum atomic E-state index is -4.84. The second kappa shape index (κ2) is 10.4. The topological polar surface area (TPSA) is 112 Å². The lowest BCUT2D eigenvalue weighted by molar-refractivity contribution is -0.274. The first-order valence-corrected chi connectivity index (χ1v) is 9.92. The van der Waals surface area contributed by atoms with Crippen LogP contribution in [0.25, 0.3) is 0 Å². The maximum Gasteiger partial charge on any atom is 0.573 e. The van der Waals surface area contributed by atoms with Crippen LogP contribution in [0.3, 0.4) is 0 Å². The molecule has 12 heteroatoms. The van der Waals surface area contributed by atoms with Crippen LogP contribution in [-0.4, -0.2) is 40.0 Å². The Hall–Kier alpha value is -3.57. The second-order valence-corrected chi connectivity index (χ2v) is 7.93. The van der Waals surface area contributed by atoms with Gasteiger partial charge in [0.25, 0.3) is 0 Å². The Balaban J connectivity index is 2.00. The van der Waals surface area contributed by atoms with Crippen LogP contribution < -0.4 is 20.1 Å². The molecule has 1 heterocycles. The monoisotopic (exact) mass is 470 g/mol. The zero-order chi connectivity index (χ0) is 24.8. The van der Waals surface area contributed by atoms with E-state index >= 15 is 0 Å². The summed E-state index contributed by atoms with van der Waals surface area (Å²) in [6.07, 6.45) is -2.75. The van der Waals surface area contributed by atoms with Crippen LogP contribution in [0.1, 0.15) is 39.7 Å². The van der Waals surface area contributed by atoms with Gasteiger partial charge in [-0.1, -0.05) is 13.0 Å². The lowest BCUT2D eigenvalue weighted by Gasteiger charge is -2.22. The predicted molar refractivity (Wildman–Crippen MR) is 112 cm³/mol. The number of aromatic nitrogens is 2. The van der Waals surface area contributed by atoms with Gasteiger partial charge in [0.2, 0.25) is 5.91 Å². The zero-order valence-electron chi connectivity index (χ0n) is 18.7. The van der Waals surface area contributed by atoms with E-state index in [1.807, 2.05) is 0 Å². The van der Waals surface area contributed by atoms with E-state index in [2.05, 4.69) is 25.3 Å². The van der Waals surface area contributed by atoms with E-state index in [1.54, 1.807) is 27.7 Å². The number of aryl methyl sites for hydroxylation is 1. The zero-order valence-corrected chi connectivity index (χ0v) is 18.7. The molecule has 1 atom stereocenters. The Morgan fingerprint density at radius 2 is 1.76 bits per heavy atom. The van der Waals surface area contributed by atoms with E-state index in [1.165, 1.54) is 31.5 Å². The summed E-state index contributed by atoms with van der Waals surface area (Å²) in [4.78, 5) is 32.2. The molecular formula is C21H25F3N4O5. The number of nitrogens with zero attached hydrogens (tertiary/aromatic N) is 2. The third-order valence-electron chi connectivity index (χ3n) is 3.91. The molecule has 0 bridgehead atoms. The third kappa shape index (κ3) is 8.83. The maximum absolute atomic E-state index is 12.5. The number of hydrogen-bond acceptors (Lipinski definition) is 7. The van der Waals surface area contributed by atoms with Crippen LogP contribution >= 0.6 is 0 Å². The van der Waals surface area contributed by atoms with Crippen LogP contribution in [0.2, 0.25) is 0 Å². The van der Waals surface area contributed by atoms with Crippen molar-refractivity contribution in [2.24, 2.45) is 0 Å². The number of carbonyl (C=O) groups is 2. The van der Waals surface area contributed by atoms with Gasteiger partial charge >= 0.3 is 18.5 Å². The second-order valence-electron chi connectivity index (χ2n) is 7.93. The van der Waals surface area contributed by atoms with Gasteiger partial charge in [0.05, 0.1) is 18.1 Å². The normalized spacial score (nSPS) is 12.5. The average Bonchev–Trinajstić information content (AvgIpc) is 2.67.